The van der Waals surface area contributed by atoms with Crippen molar-refractivity contribution in [3.05, 3.63) is 125 Å². The van der Waals surface area contributed by atoms with E-state index in [1.165, 1.54) is 19.2 Å². The highest BCUT2D eigenvalue weighted by Gasteiger charge is 2.21. The van der Waals surface area contributed by atoms with Crippen LogP contribution in [0.1, 0.15) is 27.6 Å². The standard InChI is InChI=1S/C28H22F2N2O4/c1-35-27(33)22-17-21(31-28(34)32-24-14-12-20(29)16-23(24)30)13-15-25(22)36-26(18-8-4-2-5-9-18)19-10-6-3-7-11-19/h2-17,26H,1H3,(H2,31,32,34). The van der Waals surface area contributed by atoms with E-state index in [4.69, 9.17) is 9.47 Å². The molecule has 6 nitrogen and oxygen atoms in total. The first-order chi connectivity index (χ1) is 17.4. The van der Waals surface area contributed by atoms with Crippen molar-refractivity contribution in [2.45, 2.75) is 6.10 Å². The van der Waals surface area contributed by atoms with Crippen LogP contribution in [-0.2, 0) is 4.74 Å². The molecule has 0 bridgehead atoms. The number of hydrogen-bond acceptors (Lipinski definition) is 4. The van der Waals surface area contributed by atoms with Crippen LogP contribution < -0.4 is 15.4 Å². The van der Waals surface area contributed by atoms with Crippen LogP contribution in [0, 0.1) is 11.6 Å². The summed E-state index contributed by atoms with van der Waals surface area (Å²) in [5.41, 5.74) is 1.87. The van der Waals surface area contributed by atoms with Crippen LogP contribution in [0.4, 0.5) is 25.0 Å². The quantitative estimate of drug-likeness (QED) is 0.289. The molecule has 4 aromatic rings. The third-order valence-corrected chi connectivity index (χ3v) is 5.27. The summed E-state index contributed by atoms with van der Waals surface area (Å²) in [5, 5.41) is 4.82. The van der Waals surface area contributed by atoms with Gasteiger partial charge in [0.15, 0.2) is 0 Å². The summed E-state index contributed by atoms with van der Waals surface area (Å²) in [6.45, 7) is 0. The summed E-state index contributed by atoms with van der Waals surface area (Å²) < 4.78 is 38.2. The number of anilines is 2. The molecular formula is C28H22F2N2O4. The van der Waals surface area contributed by atoms with Gasteiger partial charge in [-0.05, 0) is 41.5 Å². The van der Waals surface area contributed by atoms with Gasteiger partial charge in [-0.25, -0.2) is 18.4 Å². The molecule has 2 N–H and O–H groups in total. The summed E-state index contributed by atoms with van der Waals surface area (Å²) in [4.78, 5) is 25.0. The Labute approximate surface area is 206 Å². The predicted octanol–water partition coefficient (Wildman–Crippen LogP) is 6.56. The Bertz CT molecular complexity index is 1330. The zero-order valence-electron chi connectivity index (χ0n) is 19.2. The van der Waals surface area contributed by atoms with Gasteiger partial charge < -0.3 is 20.1 Å². The normalized spacial score (nSPS) is 10.6. The number of methoxy groups -OCH3 is 1. The van der Waals surface area contributed by atoms with Gasteiger partial charge in [-0.3, -0.25) is 0 Å². The lowest BCUT2D eigenvalue weighted by molar-refractivity contribution is 0.0594. The fourth-order valence-corrected chi connectivity index (χ4v) is 3.57. The molecule has 4 aromatic carbocycles. The van der Waals surface area contributed by atoms with Gasteiger partial charge in [0, 0.05) is 11.8 Å². The van der Waals surface area contributed by atoms with Crippen LogP contribution in [0.2, 0.25) is 0 Å². The van der Waals surface area contributed by atoms with Crippen molar-refractivity contribution in [3.8, 4) is 5.75 Å². The number of halogens is 2. The minimum Gasteiger partial charge on any atom is -0.480 e. The maximum Gasteiger partial charge on any atom is 0.341 e. The molecule has 2 amide bonds. The average molecular weight is 488 g/mol. The van der Waals surface area contributed by atoms with Gasteiger partial charge in [-0.15, -0.1) is 0 Å². The first-order valence-corrected chi connectivity index (χ1v) is 11.0. The van der Waals surface area contributed by atoms with E-state index in [2.05, 4.69) is 10.6 Å². The molecule has 8 heteroatoms. The van der Waals surface area contributed by atoms with Crippen molar-refractivity contribution in [2.75, 3.05) is 17.7 Å². The lowest BCUT2D eigenvalue weighted by Gasteiger charge is -2.22. The Balaban J connectivity index is 1.60. The summed E-state index contributed by atoms with van der Waals surface area (Å²) in [6, 6.07) is 25.5. The molecule has 4 rings (SSSR count). The molecule has 0 aliphatic carbocycles. The first kappa shape index (κ1) is 24.4. The van der Waals surface area contributed by atoms with E-state index >= 15 is 0 Å². The molecule has 0 unspecified atom stereocenters. The van der Waals surface area contributed by atoms with Gasteiger partial charge in [0.05, 0.1) is 12.8 Å². The molecule has 36 heavy (non-hydrogen) atoms. The Morgan fingerprint density at radius 3 is 2.00 bits per heavy atom. The molecule has 0 heterocycles. The summed E-state index contributed by atoms with van der Waals surface area (Å²) in [6.07, 6.45) is -0.514. The number of carbonyl (C=O) groups excluding carboxylic acids is 2. The second-order valence-corrected chi connectivity index (χ2v) is 7.73. The van der Waals surface area contributed by atoms with Crippen LogP contribution in [0.25, 0.3) is 0 Å². The van der Waals surface area contributed by atoms with Crippen molar-refractivity contribution < 1.29 is 27.8 Å². The van der Waals surface area contributed by atoms with Gasteiger partial charge in [0.1, 0.15) is 29.1 Å². The van der Waals surface area contributed by atoms with Gasteiger partial charge in [-0.2, -0.15) is 0 Å². The van der Waals surface area contributed by atoms with Crippen molar-refractivity contribution >= 4 is 23.4 Å². The van der Waals surface area contributed by atoms with E-state index in [-0.39, 0.29) is 22.7 Å². The van der Waals surface area contributed by atoms with Gasteiger partial charge in [0.2, 0.25) is 0 Å². The van der Waals surface area contributed by atoms with Crippen molar-refractivity contribution in [1.29, 1.82) is 0 Å². The second kappa shape index (κ2) is 11.1. The SMILES string of the molecule is COC(=O)c1cc(NC(=O)Nc2ccc(F)cc2F)ccc1OC(c1ccccc1)c1ccccc1. The number of hydrogen-bond donors (Lipinski definition) is 2. The largest absolute Gasteiger partial charge is 0.480 e. The van der Waals surface area contributed by atoms with Crippen LogP contribution in [0.5, 0.6) is 5.75 Å². The molecule has 0 saturated heterocycles. The van der Waals surface area contributed by atoms with Crippen molar-refractivity contribution in [1.82, 2.24) is 0 Å². The Morgan fingerprint density at radius 1 is 0.778 bits per heavy atom. The second-order valence-electron chi connectivity index (χ2n) is 7.73. The van der Waals surface area contributed by atoms with Crippen LogP contribution >= 0.6 is 0 Å². The number of ether oxygens (including phenoxy) is 2. The third kappa shape index (κ3) is 5.85. The maximum absolute atomic E-state index is 13.9. The maximum atomic E-state index is 13.9. The summed E-state index contributed by atoms with van der Waals surface area (Å²) in [7, 11) is 1.24. The lowest BCUT2D eigenvalue weighted by Crippen LogP contribution is -2.20. The molecular weight excluding hydrogens is 466 g/mol. The molecule has 0 fully saturated rings. The lowest BCUT2D eigenvalue weighted by atomic mass is 10.0. The number of rotatable bonds is 7. The van der Waals surface area contributed by atoms with Crippen molar-refractivity contribution in [2.24, 2.45) is 0 Å². The molecule has 0 spiro atoms. The zero-order chi connectivity index (χ0) is 25.5. The summed E-state index contributed by atoms with van der Waals surface area (Å²) >= 11 is 0. The number of urea groups is 1. The molecule has 182 valence electrons. The van der Waals surface area contributed by atoms with E-state index < -0.39 is 29.7 Å². The third-order valence-electron chi connectivity index (χ3n) is 5.27. The zero-order valence-corrected chi connectivity index (χ0v) is 19.2. The highest BCUT2D eigenvalue weighted by molar-refractivity contribution is 6.01. The molecule has 0 atom stereocenters. The number of amides is 2. The molecule has 0 radical (unpaired) electrons. The molecule has 0 aliphatic heterocycles. The highest BCUT2D eigenvalue weighted by Crippen LogP contribution is 2.32. The Kier molecular flexibility index (Phi) is 7.55. The van der Waals surface area contributed by atoms with Crippen LogP contribution in [0.3, 0.4) is 0 Å². The van der Waals surface area contributed by atoms with E-state index in [9.17, 15) is 18.4 Å². The topological polar surface area (TPSA) is 76.7 Å². The van der Waals surface area contributed by atoms with Crippen molar-refractivity contribution in [3.63, 3.8) is 0 Å². The van der Waals surface area contributed by atoms with Gasteiger partial charge in [-0.1, -0.05) is 60.7 Å². The molecule has 0 aromatic heterocycles. The molecule has 0 aliphatic rings. The van der Waals surface area contributed by atoms with E-state index in [1.807, 2.05) is 60.7 Å². The van der Waals surface area contributed by atoms with Gasteiger partial charge >= 0.3 is 12.0 Å². The minimum absolute atomic E-state index is 0.0834. The first-order valence-electron chi connectivity index (χ1n) is 11.0. The monoisotopic (exact) mass is 488 g/mol. The number of carbonyl (C=O) groups is 2. The minimum atomic E-state index is -0.919. The number of esters is 1. The van der Waals surface area contributed by atoms with E-state index in [0.717, 1.165) is 23.3 Å². The Morgan fingerprint density at radius 2 is 1.42 bits per heavy atom. The fraction of sp³-hybridized carbons (Fsp3) is 0.0714. The van der Waals surface area contributed by atoms with Crippen LogP contribution in [-0.4, -0.2) is 19.1 Å². The molecule has 0 saturated carbocycles. The Hall–Kier alpha value is -4.72. The van der Waals surface area contributed by atoms with Crippen LogP contribution in [0.15, 0.2) is 97.1 Å². The number of benzene rings is 4. The highest BCUT2D eigenvalue weighted by atomic mass is 19.1. The van der Waals surface area contributed by atoms with E-state index in [1.54, 1.807) is 6.07 Å². The smallest absolute Gasteiger partial charge is 0.341 e. The van der Waals surface area contributed by atoms with E-state index in [0.29, 0.717) is 6.07 Å². The predicted molar refractivity (Wildman–Crippen MR) is 132 cm³/mol. The number of nitrogens with one attached hydrogen (secondary N) is 2. The average Bonchev–Trinajstić information content (AvgIpc) is 2.90. The fourth-order valence-electron chi connectivity index (χ4n) is 3.57. The summed E-state index contributed by atoms with van der Waals surface area (Å²) in [5.74, 6) is -2.10. The van der Waals surface area contributed by atoms with Gasteiger partial charge in [0.25, 0.3) is 0 Å².